The second-order valence-corrected chi connectivity index (χ2v) is 6.32. The molecule has 8 heteroatoms. The van der Waals surface area contributed by atoms with Crippen LogP contribution in [0, 0.1) is 0 Å². The van der Waals surface area contributed by atoms with Gasteiger partial charge in [-0.3, -0.25) is 8.98 Å². The summed E-state index contributed by atoms with van der Waals surface area (Å²) in [6.45, 7) is -0.152. The van der Waals surface area contributed by atoms with Crippen LogP contribution in [0.4, 0.5) is 0 Å². The molecular weight excluding hydrogens is 324 g/mol. The molecule has 0 aliphatic carbocycles. The van der Waals surface area contributed by atoms with Crippen molar-refractivity contribution in [2.45, 2.75) is 13.2 Å². The van der Waals surface area contributed by atoms with Crippen LogP contribution in [-0.2, 0) is 27.5 Å². The number of hydrogen-bond donors (Lipinski definition) is 0. The summed E-state index contributed by atoms with van der Waals surface area (Å²) in [5.74, 6) is 0.852. The molecule has 0 unspecified atom stereocenters. The fourth-order valence-corrected chi connectivity index (χ4v) is 2.00. The van der Waals surface area contributed by atoms with Crippen LogP contribution in [0.15, 0.2) is 45.8 Å². The van der Waals surface area contributed by atoms with Crippen molar-refractivity contribution in [3.63, 3.8) is 0 Å². The number of benzene rings is 1. The predicted molar refractivity (Wildman–Crippen MR) is 81.9 cm³/mol. The molecule has 23 heavy (non-hydrogen) atoms. The first-order valence-electron chi connectivity index (χ1n) is 6.59. The highest BCUT2D eigenvalue weighted by molar-refractivity contribution is 7.85. The Kier molecular flexibility index (Phi) is 5.41. The van der Waals surface area contributed by atoms with Gasteiger partial charge in [-0.2, -0.15) is 8.42 Å². The molecule has 0 bridgehead atoms. The molecule has 2 aromatic rings. The van der Waals surface area contributed by atoms with Crippen molar-refractivity contribution < 1.29 is 26.5 Å². The van der Waals surface area contributed by atoms with Gasteiger partial charge in [0.05, 0.1) is 13.4 Å². The van der Waals surface area contributed by atoms with Gasteiger partial charge in [0.25, 0.3) is 10.1 Å². The highest BCUT2D eigenvalue weighted by atomic mass is 32.2. The number of ether oxygens (including phenoxy) is 2. The summed E-state index contributed by atoms with van der Waals surface area (Å²) >= 11 is 0. The summed E-state index contributed by atoms with van der Waals surface area (Å²) in [7, 11) is -2.03. The van der Waals surface area contributed by atoms with Crippen molar-refractivity contribution >= 4 is 10.1 Å². The first-order valence-corrected chi connectivity index (χ1v) is 8.41. The summed E-state index contributed by atoms with van der Waals surface area (Å²) in [4.78, 5) is 11.9. The molecule has 2 rings (SSSR count). The maximum atomic E-state index is 11.9. The van der Waals surface area contributed by atoms with E-state index in [1.165, 1.54) is 0 Å². The molecule has 0 spiro atoms. The lowest BCUT2D eigenvalue weighted by Gasteiger charge is -2.07. The number of methoxy groups -OCH3 is 1. The van der Waals surface area contributed by atoms with E-state index in [-0.39, 0.29) is 24.7 Å². The van der Waals surface area contributed by atoms with E-state index < -0.39 is 15.5 Å². The minimum absolute atomic E-state index is 0.0314. The summed E-state index contributed by atoms with van der Waals surface area (Å²) in [5, 5.41) is 0. The average molecular weight is 340 g/mol. The van der Waals surface area contributed by atoms with Crippen molar-refractivity contribution in [3.8, 4) is 11.5 Å². The van der Waals surface area contributed by atoms with E-state index in [0.29, 0.717) is 0 Å². The third-order valence-corrected chi connectivity index (χ3v) is 3.37. The SMILES string of the molecule is COc1ccc(COc2coc(COS(C)(=O)=O)cc2=O)cc1. The second-order valence-electron chi connectivity index (χ2n) is 4.68. The van der Waals surface area contributed by atoms with Crippen molar-refractivity contribution in [3.05, 3.63) is 58.1 Å². The lowest BCUT2D eigenvalue weighted by molar-refractivity contribution is 0.259. The average Bonchev–Trinajstić information content (AvgIpc) is 2.52. The molecule has 0 N–H and O–H groups in total. The van der Waals surface area contributed by atoms with E-state index in [4.69, 9.17) is 13.9 Å². The van der Waals surface area contributed by atoms with Gasteiger partial charge in [-0.05, 0) is 17.7 Å². The van der Waals surface area contributed by atoms with E-state index >= 15 is 0 Å². The Labute approximate surface area is 133 Å². The molecule has 0 saturated carbocycles. The fourth-order valence-electron chi connectivity index (χ4n) is 1.67. The zero-order valence-electron chi connectivity index (χ0n) is 12.6. The quantitative estimate of drug-likeness (QED) is 0.708. The van der Waals surface area contributed by atoms with Gasteiger partial charge in [0, 0.05) is 6.07 Å². The minimum atomic E-state index is -3.60. The second kappa shape index (κ2) is 7.30. The van der Waals surface area contributed by atoms with Gasteiger partial charge < -0.3 is 13.9 Å². The Bertz CT molecular complexity index is 806. The minimum Gasteiger partial charge on any atom is -0.497 e. The summed E-state index contributed by atoms with van der Waals surface area (Å²) in [6.07, 6.45) is 2.05. The molecule has 124 valence electrons. The Hall–Kier alpha value is -2.32. The lowest BCUT2D eigenvalue weighted by atomic mass is 10.2. The van der Waals surface area contributed by atoms with Crippen LogP contribution in [0.3, 0.4) is 0 Å². The highest BCUT2D eigenvalue weighted by Crippen LogP contribution is 2.14. The van der Waals surface area contributed by atoms with E-state index in [9.17, 15) is 13.2 Å². The Balaban J connectivity index is 1.99. The predicted octanol–water partition coefficient (Wildman–Crippen LogP) is 1.70. The molecule has 0 fully saturated rings. The molecule has 1 aromatic carbocycles. The van der Waals surface area contributed by atoms with Crippen LogP contribution in [-0.4, -0.2) is 21.8 Å². The number of rotatable bonds is 7. The normalized spacial score (nSPS) is 11.2. The van der Waals surface area contributed by atoms with Crippen molar-refractivity contribution in [1.82, 2.24) is 0 Å². The van der Waals surface area contributed by atoms with Gasteiger partial charge in [-0.15, -0.1) is 0 Å². The topological polar surface area (TPSA) is 92.0 Å². The van der Waals surface area contributed by atoms with E-state index in [2.05, 4.69) is 4.18 Å². The zero-order chi connectivity index (χ0) is 16.9. The maximum Gasteiger partial charge on any atom is 0.264 e. The molecule has 0 radical (unpaired) electrons. The first kappa shape index (κ1) is 17.0. The van der Waals surface area contributed by atoms with Gasteiger partial charge in [0.1, 0.15) is 31.0 Å². The smallest absolute Gasteiger partial charge is 0.264 e. The molecule has 7 nitrogen and oxygen atoms in total. The molecule has 0 saturated heterocycles. The molecule has 0 aliphatic heterocycles. The van der Waals surface area contributed by atoms with Gasteiger partial charge in [-0.1, -0.05) is 12.1 Å². The van der Waals surface area contributed by atoms with Gasteiger partial charge in [0.15, 0.2) is 0 Å². The first-order chi connectivity index (χ1) is 10.9. The van der Waals surface area contributed by atoms with Gasteiger partial charge in [-0.25, -0.2) is 0 Å². The van der Waals surface area contributed by atoms with Crippen LogP contribution in [0.2, 0.25) is 0 Å². The van der Waals surface area contributed by atoms with Crippen LogP contribution in [0.25, 0.3) is 0 Å². The third-order valence-electron chi connectivity index (χ3n) is 2.82. The van der Waals surface area contributed by atoms with Crippen molar-refractivity contribution in [1.29, 1.82) is 0 Å². The van der Waals surface area contributed by atoms with Crippen LogP contribution in [0.5, 0.6) is 11.5 Å². The van der Waals surface area contributed by atoms with E-state index in [0.717, 1.165) is 29.9 Å². The van der Waals surface area contributed by atoms with Crippen LogP contribution in [0.1, 0.15) is 11.3 Å². The van der Waals surface area contributed by atoms with Gasteiger partial charge in [0.2, 0.25) is 11.2 Å². The molecule has 0 atom stereocenters. The summed E-state index contributed by atoms with van der Waals surface area (Å²) < 4.78 is 41.9. The molecule has 0 aliphatic rings. The van der Waals surface area contributed by atoms with Crippen LogP contribution >= 0.6 is 0 Å². The van der Waals surface area contributed by atoms with Crippen LogP contribution < -0.4 is 14.9 Å². The largest absolute Gasteiger partial charge is 0.497 e. The highest BCUT2D eigenvalue weighted by Gasteiger charge is 2.08. The lowest BCUT2D eigenvalue weighted by Crippen LogP contribution is -2.09. The van der Waals surface area contributed by atoms with E-state index in [1.807, 2.05) is 12.1 Å². The van der Waals surface area contributed by atoms with E-state index in [1.54, 1.807) is 19.2 Å². The Morgan fingerprint density at radius 1 is 1.13 bits per heavy atom. The van der Waals surface area contributed by atoms with Crippen molar-refractivity contribution in [2.24, 2.45) is 0 Å². The number of hydrogen-bond acceptors (Lipinski definition) is 7. The Morgan fingerprint density at radius 2 is 1.83 bits per heavy atom. The fraction of sp³-hybridized carbons (Fsp3) is 0.267. The maximum absolute atomic E-state index is 11.9. The summed E-state index contributed by atoms with van der Waals surface area (Å²) in [5.41, 5.74) is 0.437. The van der Waals surface area contributed by atoms with Crippen molar-refractivity contribution in [2.75, 3.05) is 13.4 Å². The third kappa shape index (κ3) is 5.42. The Morgan fingerprint density at radius 3 is 2.39 bits per heavy atom. The van der Waals surface area contributed by atoms with Gasteiger partial charge >= 0.3 is 0 Å². The molecular formula is C15H16O7S. The molecule has 0 amide bonds. The molecule has 1 aromatic heterocycles. The molecule has 1 heterocycles. The monoisotopic (exact) mass is 340 g/mol. The summed E-state index contributed by atoms with van der Waals surface area (Å²) in [6, 6.07) is 8.33. The standard InChI is InChI=1S/C15H16O7S/c1-19-12-5-3-11(4-6-12)8-21-15-10-20-13(7-14(15)16)9-22-23(2,17)18/h3-7,10H,8-9H2,1-2H3. The zero-order valence-corrected chi connectivity index (χ0v) is 13.5.